The van der Waals surface area contributed by atoms with Crippen LogP contribution in [-0.2, 0) is 11.8 Å². The number of carbonyl (C=O) groups is 2. The van der Waals surface area contributed by atoms with Gasteiger partial charge < -0.3 is 9.47 Å². The Kier molecular flexibility index (Phi) is 11.1. The average molecular weight is 786 g/mol. The summed E-state index contributed by atoms with van der Waals surface area (Å²) >= 11 is 0. The maximum Gasteiger partial charge on any atom is 0.261 e. The first-order chi connectivity index (χ1) is 26.6. The minimum atomic E-state index is -2.29. The van der Waals surface area contributed by atoms with Crippen molar-refractivity contribution >= 4 is 22.6 Å². The van der Waals surface area contributed by atoms with E-state index >= 15 is 0 Å². The molecule has 0 saturated heterocycles. The molecule has 0 bridgehead atoms. The number of benzene rings is 5. The van der Waals surface area contributed by atoms with Gasteiger partial charge in [-0.25, -0.2) is 22.0 Å². The fraction of sp³-hybridized carbons (Fsp3) is 0.362. The first-order valence-electron chi connectivity index (χ1n) is 19.1. The van der Waals surface area contributed by atoms with Gasteiger partial charge in [-0.3, -0.25) is 14.5 Å². The fourth-order valence-electron chi connectivity index (χ4n) is 8.20. The van der Waals surface area contributed by atoms with Gasteiger partial charge in [-0.05, 0) is 101 Å². The Morgan fingerprint density at radius 1 is 0.579 bits per heavy atom. The van der Waals surface area contributed by atoms with E-state index in [2.05, 4.69) is 62.3 Å². The molecule has 5 aromatic carbocycles. The molecule has 10 heteroatoms. The maximum absolute atomic E-state index is 14.6. The summed E-state index contributed by atoms with van der Waals surface area (Å²) in [5, 5.41) is 0.583. The molecule has 5 nitrogen and oxygen atoms in total. The van der Waals surface area contributed by atoms with Gasteiger partial charge >= 0.3 is 0 Å². The van der Waals surface area contributed by atoms with Crippen LogP contribution >= 0.6 is 0 Å². The highest BCUT2D eigenvalue weighted by atomic mass is 19.2. The fourth-order valence-corrected chi connectivity index (χ4v) is 8.20. The van der Waals surface area contributed by atoms with Crippen molar-refractivity contribution < 1.29 is 41.0 Å². The molecule has 0 saturated carbocycles. The van der Waals surface area contributed by atoms with Crippen LogP contribution in [0.15, 0.2) is 72.8 Å². The van der Waals surface area contributed by atoms with Crippen molar-refractivity contribution in [2.24, 2.45) is 10.8 Å². The monoisotopic (exact) mass is 785 g/mol. The molecule has 1 aliphatic heterocycles. The van der Waals surface area contributed by atoms with Gasteiger partial charge in [-0.15, -0.1) is 0 Å². The second-order valence-electron chi connectivity index (χ2n) is 18.1. The van der Waals surface area contributed by atoms with Gasteiger partial charge in [0.2, 0.25) is 5.82 Å². The van der Waals surface area contributed by atoms with Crippen molar-refractivity contribution in [1.29, 1.82) is 0 Å². The molecule has 1 heterocycles. The zero-order chi connectivity index (χ0) is 41.8. The molecule has 1 atom stereocenters. The number of carbonyl (C=O) groups excluding carboxylic acids is 2. The molecular weight excluding hydrogens is 738 g/mol. The van der Waals surface area contributed by atoms with E-state index in [0.29, 0.717) is 34.3 Å². The van der Waals surface area contributed by atoms with E-state index in [9.17, 15) is 31.5 Å². The summed E-state index contributed by atoms with van der Waals surface area (Å²) in [6, 6.07) is 21.6. The number of nitrogens with zero attached hydrogens (tertiary/aromatic N) is 1. The summed E-state index contributed by atoms with van der Waals surface area (Å²) < 4.78 is 83.7. The molecule has 0 spiro atoms. The van der Waals surface area contributed by atoms with Crippen molar-refractivity contribution in [2.45, 2.75) is 92.9 Å². The number of imide groups is 1. The van der Waals surface area contributed by atoms with Crippen LogP contribution in [0.1, 0.15) is 118 Å². The number of ether oxygens (including phenoxy) is 2. The summed E-state index contributed by atoms with van der Waals surface area (Å²) in [5.74, 6) is -10.2. The zero-order valence-electron chi connectivity index (χ0n) is 33.8. The Morgan fingerprint density at radius 2 is 1.04 bits per heavy atom. The topological polar surface area (TPSA) is 55.8 Å². The lowest BCUT2D eigenvalue weighted by atomic mass is 9.72. The molecule has 1 unspecified atom stereocenters. The number of halogens is 5. The molecule has 0 radical (unpaired) electrons. The second kappa shape index (κ2) is 15.3. The zero-order valence-corrected chi connectivity index (χ0v) is 33.8. The van der Waals surface area contributed by atoms with Crippen LogP contribution in [0, 0.1) is 39.9 Å². The summed E-state index contributed by atoms with van der Waals surface area (Å²) in [5.41, 5.74) is 1.44. The van der Waals surface area contributed by atoms with Crippen molar-refractivity contribution in [3.8, 4) is 23.0 Å². The van der Waals surface area contributed by atoms with Crippen LogP contribution in [-0.4, -0.2) is 23.3 Å². The summed E-state index contributed by atoms with van der Waals surface area (Å²) in [7, 11) is 0. The Labute approximate surface area is 330 Å². The van der Waals surface area contributed by atoms with Gasteiger partial charge in [0.05, 0.1) is 5.39 Å². The predicted octanol–water partition coefficient (Wildman–Crippen LogP) is 13.2. The molecule has 0 aromatic heterocycles. The normalized spacial score (nSPS) is 14.0. The smallest absolute Gasteiger partial charge is 0.261 e. The van der Waals surface area contributed by atoms with E-state index in [4.69, 9.17) is 9.47 Å². The largest absolute Gasteiger partial charge is 0.457 e. The maximum atomic E-state index is 14.6. The molecule has 2 amide bonds. The minimum absolute atomic E-state index is 0.0699. The van der Waals surface area contributed by atoms with Gasteiger partial charge in [0.1, 0.15) is 23.0 Å². The van der Waals surface area contributed by atoms with Crippen molar-refractivity contribution in [3.63, 3.8) is 0 Å². The van der Waals surface area contributed by atoms with Gasteiger partial charge in [-0.1, -0.05) is 86.6 Å². The molecule has 57 heavy (non-hydrogen) atoms. The average Bonchev–Trinajstić information content (AvgIpc) is 3.12. The highest BCUT2D eigenvalue weighted by molar-refractivity contribution is 6.27. The van der Waals surface area contributed by atoms with Gasteiger partial charge in [0.15, 0.2) is 23.3 Å². The van der Waals surface area contributed by atoms with Crippen LogP contribution < -0.4 is 9.47 Å². The standard InChI is InChI=1S/C47H48F5NO4/c1-26(24-45(2,3)4)27-10-14-29(15-11-27)56-34-20-18-31-36-32(44(55)53(43(31)54)23-22-33-38(48)40(50)42(52)41(51)39(33)49)19-21-35(37(34)36)57-30-16-12-28(13-17-30)47(8,9)25-46(5,6)7/h10-21,26H,22-25H2,1-9H3. The van der Waals surface area contributed by atoms with Crippen LogP contribution in [0.4, 0.5) is 22.0 Å². The van der Waals surface area contributed by atoms with Crippen LogP contribution in [0.25, 0.3) is 10.8 Å². The third-order valence-corrected chi connectivity index (χ3v) is 10.4. The lowest BCUT2D eigenvalue weighted by molar-refractivity contribution is 0.0611. The quantitative estimate of drug-likeness (QED) is 0.0579. The molecule has 0 aliphatic carbocycles. The van der Waals surface area contributed by atoms with Gasteiger partial charge in [0, 0.05) is 28.6 Å². The van der Waals surface area contributed by atoms with E-state index in [1.54, 1.807) is 12.1 Å². The summed E-state index contributed by atoms with van der Waals surface area (Å²) in [6.45, 7) is 19.1. The third kappa shape index (κ3) is 8.55. The first-order valence-corrected chi connectivity index (χ1v) is 19.1. The molecule has 1 aliphatic rings. The Bertz CT molecular complexity index is 2310. The highest BCUT2D eigenvalue weighted by Crippen LogP contribution is 2.45. The number of amides is 2. The number of rotatable bonds is 11. The Hall–Kier alpha value is -5.25. The lowest BCUT2D eigenvalue weighted by Crippen LogP contribution is -2.41. The predicted molar refractivity (Wildman–Crippen MR) is 212 cm³/mol. The van der Waals surface area contributed by atoms with Crippen LogP contribution in [0.3, 0.4) is 0 Å². The summed E-state index contributed by atoms with van der Waals surface area (Å²) in [6.07, 6.45) is 1.13. The first kappa shape index (κ1) is 41.4. The molecule has 0 N–H and O–H groups in total. The van der Waals surface area contributed by atoms with E-state index in [1.165, 1.54) is 12.1 Å². The van der Waals surface area contributed by atoms with Crippen molar-refractivity contribution in [2.75, 3.05) is 6.54 Å². The third-order valence-electron chi connectivity index (χ3n) is 10.4. The van der Waals surface area contributed by atoms with Crippen LogP contribution in [0.5, 0.6) is 23.0 Å². The molecule has 6 rings (SSSR count). The van der Waals surface area contributed by atoms with E-state index in [1.807, 2.05) is 48.5 Å². The second-order valence-corrected chi connectivity index (χ2v) is 18.1. The Morgan fingerprint density at radius 3 is 1.49 bits per heavy atom. The molecule has 0 fully saturated rings. The number of hydrogen-bond acceptors (Lipinski definition) is 4. The molecule has 5 aromatic rings. The number of hydrogen-bond donors (Lipinski definition) is 0. The summed E-state index contributed by atoms with van der Waals surface area (Å²) in [4.78, 5) is 28.7. The van der Waals surface area contributed by atoms with E-state index < -0.39 is 59.4 Å². The highest BCUT2D eigenvalue weighted by Gasteiger charge is 2.36. The van der Waals surface area contributed by atoms with Crippen molar-refractivity contribution in [1.82, 2.24) is 4.90 Å². The van der Waals surface area contributed by atoms with Crippen molar-refractivity contribution in [3.05, 3.63) is 130 Å². The molecule has 300 valence electrons. The Balaban J connectivity index is 1.39. The van der Waals surface area contributed by atoms with E-state index in [0.717, 1.165) is 28.9 Å². The lowest BCUT2D eigenvalue weighted by Gasteiger charge is -2.33. The minimum Gasteiger partial charge on any atom is -0.457 e. The SMILES string of the molecule is CC(CC(C)(C)C)c1ccc(Oc2ccc3c4c(ccc(Oc5ccc(C(C)(C)CC(C)(C)C)cc5)c24)C(=O)N(CCc2c(F)c(F)c(F)c(F)c2F)C3=O)cc1. The molecular formula is C47H48F5NO4. The van der Waals surface area contributed by atoms with Crippen LogP contribution in [0.2, 0.25) is 0 Å². The van der Waals surface area contributed by atoms with E-state index in [-0.39, 0.29) is 32.8 Å². The van der Waals surface area contributed by atoms with Gasteiger partial charge in [-0.2, -0.15) is 0 Å². The van der Waals surface area contributed by atoms with Gasteiger partial charge in [0.25, 0.3) is 11.8 Å².